The van der Waals surface area contributed by atoms with Crippen LogP contribution < -0.4 is 10.1 Å². The highest BCUT2D eigenvalue weighted by Crippen LogP contribution is 2.20. The molecule has 1 N–H and O–H groups in total. The van der Waals surface area contributed by atoms with Gasteiger partial charge in [-0.1, -0.05) is 31.2 Å². The summed E-state index contributed by atoms with van der Waals surface area (Å²) in [6.07, 6.45) is 0.947. The zero-order valence-electron chi connectivity index (χ0n) is 13.7. The Morgan fingerprint density at radius 1 is 1.17 bits per heavy atom. The highest BCUT2D eigenvalue weighted by Gasteiger charge is 2.14. The van der Waals surface area contributed by atoms with Crippen molar-refractivity contribution >= 4 is 11.6 Å². The molecule has 24 heavy (non-hydrogen) atoms. The van der Waals surface area contributed by atoms with Gasteiger partial charge in [0, 0.05) is 12.1 Å². The molecule has 6 heteroatoms. The van der Waals surface area contributed by atoms with E-state index in [2.05, 4.69) is 5.32 Å². The predicted molar refractivity (Wildman–Crippen MR) is 91.0 cm³/mol. The first-order chi connectivity index (χ1) is 11.5. The average molecular weight is 328 g/mol. The molecule has 1 amide bonds. The molecule has 0 fully saturated rings. The number of non-ortho nitro benzene ring substituents is 1. The SMILES string of the molecule is CCC(NC(=O)Cc1ccc([N+](=O)[O-])cc1)c1ccc(OC)cc1. The highest BCUT2D eigenvalue weighted by molar-refractivity contribution is 5.79. The van der Waals surface area contributed by atoms with Crippen molar-refractivity contribution in [3.8, 4) is 5.75 Å². The second kappa shape index (κ2) is 8.10. The van der Waals surface area contributed by atoms with E-state index in [4.69, 9.17) is 4.74 Å². The van der Waals surface area contributed by atoms with Crippen LogP contribution in [0.15, 0.2) is 48.5 Å². The Hall–Kier alpha value is -2.89. The Balaban J connectivity index is 1.99. The van der Waals surface area contributed by atoms with Crippen molar-refractivity contribution in [1.82, 2.24) is 5.32 Å². The minimum Gasteiger partial charge on any atom is -0.497 e. The van der Waals surface area contributed by atoms with Crippen molar-refractivity contribution in [2.24, 2.45) is 0 Å². The van der Waals surface area contributed by atoms with Crippen LogP contribution in [0.1, 0.15) is 30.5 Å². The van der Waals surface area contributed by atoms with Gasteiger partial charge in [-0.3, -0.25) is 14.9 Å². The summed E-state index contributed by atoms with van der Waals surface area (Å²) in [6.45, 7) is 2.00. The third kappa shape index (κ3) is 4.55. The molecule has 0 saturated carbocycles. The number of hydrogen-bond donors (Lipinski definition) is 1. The Labute approximate surface area is 140 Å². The fourth-order valence-corrected chi connectivity index (χ4v) is 2.42. The minimum atomic E-state index is -0.458. The lowest BCUT2D eigenvalue weighted by molar-refractivity contribution is -0.384. The number of hydrogen-bond acceptors (Lipinski definition) is 4. The zero-order chi connectivity index (χ0) is 17.5. The maximum absolute atomic E-state index is 12.2. The number of amides is 1. The van der Waals surface area contributed by atoms with Gasteiger partial charge >= 0.3 is 0 Å². The molecule has 0 aliphatic carbocycles. The molecule has 0 aromatic heterocycles. The number of carbonyl (C=O) groups excluding carboxylic acids is 1. The maximum Gasteiger partial charge on any atom is 0.269 e. The molecule has 6 nitrogen and oxygen atoms in total. The summed E-state index contributed by atoms with van der Waals surface area (Å²) < 4.78 is 5.13. The van der Waals surface area contributed by atoms with Gasteiger partial charge in [-0.15, -0.1) is 0 Å². The third-order valence-electron chi connectivity index (χ3n) is 3.77. The fraction of sp³-hybridized carbons (Fsp3) is 0.278. The molecular formula is C18H20N2O4. The average Bonchev–Trinajstić information content (AvgIpc) is 2.60. The van der Waals surface area contributed by atoms with Crippen LogP contribution in [0.3, 0.4) is 0 Å². The van der Waals surface area contributed by atoms with Gasteiger partial charge in [0.1, 0.15) is 5.75 Å². The number of benzene rings is 2. The molecule has 0 aliphatic heterocycles. The lowest BCUT2D eigenvalue weighted by Crippen LogP contribution is -2.29. The van der Waals surface area contributed by atoms with Crippen LogP contribution in [0.25, 0.3) is 0 Å². The summed E-state index contributed by atoms with van der Waals surface area (Å²) in [5, 5.41) is 13.6. The second-order valence-corrected chi connectivity index (χ2v) is 5.40. The number of rotatable bonds is 7. The lowest BCUT2D eigenvalue weighted by Gasteiger charge is -2.18. The Morgan fingerprint density at radius 2 is 1.79 bits per heavy atom. The quantitative estimate of drug-likeness (QED) is 0.624. The largest absolute Gasteiger partial charge is 0.497 e. The molecule has 2 rings (SSSR count). The van der Waals surface area contributed by atoms with Crippen LogP contribution in [0.5, 0.6) is 5.75 Å². The van der Waals surface area contributed by atoms with E-state index in [1.165, 1.54) is 12.1 Å². The fourth-order valence-electron chi connectivity index (χ4n) is 2.42. The number of methoxy groups -OCH3 is 1. The van der Waals surface area contributed by atoms with Gasteiger partial charge in [0.25, 0.3) is 5.69 Å². The first kappa shape index (κ1) is 17.5. The van der Waals surface area contributed by atoms with Crippen molar-refractivity contribution in [3.05, 3.63) is 69.8 Å². The van der Waals surface area contributed by atoms with E-state index in [0.717, 1.165) is 23.3 Å². The molecule has 2 aromatic rings. The number of ether oxygens (including phenoxy) is 1. The molecule has 2 aromatic carbocycles. The summed E-state index contributed by atoms with van der Waals surface area (Å²) in [7, 11) is 1.61. The number of nitro benzene ring substituents is 1. The van der Waals surface area contributed by atoms with Crippen LogP contribution in [0.2, 0.25) is 0 Å². The van der Waals surface area contributed by atoms with Crippen LogP contribution in [-0.4, -0.2) is 17.9 Å². The standard InChI is InChI=1S/C18H20N2O4/c1-3-17(14-6-10-16(24-2)11-7-14)19-18(21)12-13-4-8-15(9-5-13)20(22)23/h4-11,17H,3,12H2,1-2H3,(H,19,21). The Bertz CT molecular complexity index is 696. The first-order valence-corrected chi connectivity index (χ1v) is 7.70. The van der Waals surface area contributed by atoms with Gasteiger partial charge in [0.2, 0.25) is 5.91 Å². The van der Waals surface area contributed by atoms with Crippen molar-refractivity contribution in [3.63, 3.8) is 0 Å². The van der Waals surface area contributed by atoms with Crippen LogP contribution in [0, 0.1) is 10.1 Å². The van der Waals surface area contributed by atoms with Gasteiger partial charge in [0.05, 0.1) is 24.5 Å². The predicted octanol–water partition coefficient (Wildman–Crippen LogP) is 3.41. The van der Waals surface area contributed by atoms with Gasteiger partial charge < -0.3 is 10.1 Å². The molecule has 1 atom stereocenters. The molecule has 126 valence electrons. The molecule has 0 heterocycles. The first-order valence-electron chi connectivity index (χ1n) is 7.70. The summed E-state index contributed by atoms with van der Waals surface area (Å²) in [5.74, 6) is 0.650. The van der Waals surface area contributed by atoms with Gasteiger partial charge in [-0.05, 0) is 29.7 Å². The molecule has 1 unspecified atom stereocenters. The highest BCUT2D eigenvalue weighted by atomic mass is 16.6. The summed E-state index contributed by atoms with van der Waals surface area (Å²) in [5.41, 5.74) is 1.77. The smallest absolute Gasteiger partial charge is 0.269 e. The van der Waals surface area contributed by atoms with Crippen LogP contribution in [0.4, 0.5) is 5.69 Å². The van der Waals surface area contributed by atoms with Crippen LogP contribution in [-0.2, 0) is 11.2 Å². The lowest BCUT2D eigenvalue weighted by atomic mass is 10.0. The molecule has 0 bridgehead atoms. The molecule has 0 spiro atoms. The van der Waals surface area contributed by atoms with Gasteiger partial charge in [0.15, 0.2) is 0 Å². The van der Waals surface area contributed by atoms with E-state index in [1.54, 1.807) is 19.2 Å². The van der Waals surface area contributed by atoms with Crippen molar-refractivity contribution in [1.29, 1.82) is 0 Å². The van der Waals surface area contributed by atoms with E-state index in [-0.39, 0.29) is 24.1 Å². The number of nitrogens with zero attached hydrogens (tertiary/aromatic N) is 1. The number of carbonyl (C=O) groups is 1. The summed E-state index contributed by atoms with van der Waals surface area (Å²) in [6, 6.07) is 13.5. The van der Waals surface area contributed by atoms with Gasteiger partial charge in [-0.2, -0.15) is 0 Å². The Kier molecular flexibility index (Phi) is 5.89. The van der Waals surface area contributed by atoms with Gasteiger partial charge in [-0.25, -0.2) is 0 Å². The molecule has 0 saturated heterocycles. The third-order valence-corrected chi connectivity index (χ3v) is 3.77. The summed E-state index contributed by atoms with van der Waals surface area (Å²) in [4.78, 5) is 22.4. The summed E-state index contributed by atoms with van der Waals surface area (Å²) >= 11 is 0. The van der Waals surface area contributed by atoms with E-state index < -0.39 is 4.92 Å². The van der Waals surface area contributed by atoms with E-state index in [1.807, 2.05) is 31.2 Å². The van der Waals surface area contributed by atoms with E-state index in [0.29, 0.717) is 0 Å². The van der Waals surface area contributed by atoms with Crippen molar-refractivity contribution < 1.29 is 14.5 Å². The molecule has 0 radical (unpaired) electrons. The normalized spacial score (nSPS) is 11.6. The monoisotopic (exact) mass is 328 g/mol. The number of nitro groups is 1. The molecule has 0 aliphatic rings. The zero-order valence-corrected chi connectivity index (χ0v) is 13.7. The van der Waals surface area contributed by atoms with Crippen molar-refractivity contribution in [2.45, 2.75) is 25.8 Å². The Morgan fingerprint density at radius 3 is 2.29 bits per heavy atom. The number of nitrogens with one attached hydrogen (secondary N) is 1. The van der Waals surface area contributed by atoms with Crippen LogP contribution >= 0.6 is 0 Å². The minimum absolute atomic E-state index is 0.0174. The van der Waals surface area contributed by atoms with Crippen molar-refractivity contribution in [2.75, 3.05) is 7.11 Å². The molecular weight excluding hydrogens is 308 g/mol. The van der Waals surface area contributed by atoms with E-state index >= 15 is 0 Å². The topological polar surface area (TPSA) is 81.5 Å². The van der Waals surface area contributed by atoms with E-state index in [9.17, 15) is 14.9 Å². The maximum atomic E-state index is 12.2. The second-order valence-electron chi connectivity index (χ2n) is 5.40.